The van der Waals surface area contributed by atoms with E-state index in [0.717, 1.165) is 19.3 Å². The molecule has 4 nitrogen and oxygen atoms in total. The fourth-order valence-electron chi connectivity index (χ4n) is 2.54. The maximum absolute atomic E-state index is 6.02. The van der Waals surface area contributed by atoms with Gasteiger partial charge in [0.15, 0.2) is 0 Å². The molecule has 0 saturated heterocycles. The molecule has 1 aliphatic rings. The summed E-state index contributed by atoms with van der Waals surface area (Å²) in [6, 6.07) is 14.0. The Balaban J connectivity index is 1.84. The standard InChI is InChI=1S/C15H17N3O/c16-18-14-9-4-10-15(17-14)19-13-8-3-6-11-5-1-2-7-12(11)13/h1-2,4-5,7,9-10,13H,3,6,8,16H2,(H,17,18). The summed E-state index contributed by atoms with van der Waals surface area (Å²) in [5.74, 6) is 6.58. The molecule has 98 valence electrons. The van der Waals surface area contributed by atoms with Crippen LogP contribution in [0.3, 0.4) is 0 Å². The van der Waals surface area contributed by atoms with Gasteiger partial charge in [0.05, 0.1) is 0 Å². The molecule has 3 N–H and O–H groups in total. The van der Waals surface area contributed by atoms with E-state index in [4.69, 9.17) is 10.6 Å². The molecule has 4 heteroatoms. The summed E-state index contributed by atoms with van der Waals surface area (Å²) in [4.78, 5) is 4.30. The molecule has 0 amide bonds. The molecule has 0 bridgehead atoms. The topological polar surface area (TPSA) is 60.2 Å². The summed E-state index contributed by atoms with van der Waals surface area (Å²) in [6.45, 7) is 0. The van der Waals surface area contributed by atoms with E-state index in [0.29, 0.717) is 11.7 Å². The lowest BCUT2D eigenvalue weighted by atomic mass is 9.89. The number of nitrogens with two attached hydrogens (primary N) is 1. The van der Waals surface area contributed by atoms with E-state index in [9.17, 15) is 0 Å². The number of hydrazine groups is 1. The van der Waals surface area contributed by atoms with Gasteiger partial charge >= 0.3 is 0 Å². The quantitative estimate of drug-likeness (QED) is 0.654. The van der Waals surface area contributed by atoms with Gasteiger partial charge in [0.1, 0.15) is 11.9 Å². The first-order valence-corrected chi connectivity index (χ1v) is 6.55. The number of benzene rings is 1. The Hall–Kier alpha value is -2.07. The van der Waals surface area contributed by atoms with Gasteiger partial charge in [-0.3, -0.25) is 0 Å². The summed E-state index contributed by atoms with van der Waals surface area (Å²) >= 11 is 0. The van der Waals surface area contributed by atoms with Crippen molar-refractivity contribution in [3.8, 4) is 5.88 Å². The highest BCUT2D eigenvalue weighted by Gasteiger charge is 2.21. The van der Waals surface area contributed by atoms with Crippen LogP contribution >= 0.6 is 0 Å². The predicted octanol–water partition coefficient (Wildman–Crippen LogP) is 2.82. The van der Waals surface area contributed by atoms with Crippen LogP contribution in [0.15, 0.2) is 42.5 Å². The number of fused-ring (bicyclic) bond motifs is 1. The number of hydrogen-bond acceptors (Lipinski definition) is 4. The molecule has 1 aliphatic carbocycles. The van der Waals surface area contributed by atoms with Crippen molar-refractivity contribution >= 4 is 5.82 Å². The minimum absolute atomic E-state index is 0.0884. The molecule has 0 fully saturated rings. The van der Waals surface area contributed by atoms with Crippen molar-refractivity contribution in [3.63, 3.8) is 0 Å². The largest absolute Gasteiger partial charge is 0.469 e. The maximum atomic E-state index is 6.02. The first-order chi connectivity index (χ1) is 9.36. The third kappa shape index (κ3) is 2.53. The maximum Gasteiger partial charge on any atom is 0.215 e. The molecule has 1 unspecified atom stereocenters. The van der Waals surface area contributed by atoms with E-state index in [1.165, 1.54) is 11.1 Å². The molecule has 19 heavy (non-hydrogen) atoms. The zero-order chi connectivity index (χ0) is 13.1. The lowest BCUT2D eigenvalue weighted by Gasteiger charge is -2.25. The fourth-order valence-corrected chi connectivity index (χ4v) is 2.54. The third-order valence-electron chi connectivity index (χ3n) is 3.45. The Morgan fingerprint density at radius 1 is 1.16 bits per heavy atom. The van der Waals surface area contributed by atoms with E-state index >= 15 is 0 Å². The number of nitrogen functional groups attached to an aromatic ring is 1. The first kappa shape index (κ1) is 12.0. The van der Waals surface area contributed by atoms with Crippen LogP contribution in [-0.2, 0) is 6.42 Å². The van der Waals surface area contributed by atoms with Crippen LogP contribution in [0.4, 0.5) is 5.82 Å². The second-order valence-electron chi connectivity index (χ2n) is 4.70. The minimum Gasteiger partial charge on any atom is -0.469 e. The Kier molecular flexibility index (Phi) is 3.33. The van der Waals surface area contributed by atoms with Gasteiger partial charge in [-0.15, -0.1) is 0 Å². The average Bonchev–Trinajstić information content (AvgIpc) is 2.48. The summed E-state index contributed by atoms with van der Waals surface area (Å²) in [5.41, 5.74) is 5.19. The summed E-state index contributed by atoms with van der Waals surface area (Å²) in [6.07, 6.45) is 3.40. The number of rotatable bonds is 3. The highest BCUT2D eigenvalue weighted by molar-refractivity contribution is 5.36. The molecule has 2 aromatic rings. The second kappa shape index (κ2) is 5.28. The van der Waals surface area contributed by atoms with Crippen LogP contribution in [0.2, 0.25) is 0 Å². The van der Waals surface area contributed by atoms with E-state index in [1.54, 1.807) is 0 Å². The molecule has 0 radical (unpaired) electrons. The molecule has 3 rings (SSSR count). The highest BCUT2D eigenvalue weighted by Crippen LogP contribution is 2.33. The number of aryl methyl sites for hydroxylation is 1. The number of anilines is 1. The zero-order valence-corrected chi connectivity index (χ0v) is 10.7. The number of pyridine rings is 1. The van der Waals surface area contributed by atoms with Crippen LogP contribution < -0.4 is 16.0 Å². The lowest BCUT2D eigenvalue weighted by molar-refractivity contribution is 0.176. The first-order valence-electron chi connectivity index (χ1n) is 6.55. The van der Waals surface area contributed by atoms with E-state index in [-0.39, 0.29) is 6.10 Å². The van der Waals surface area contributed by atoms with Gasteiger partial charge in [-0.25, -0.2) is 5.84 Å². The van der Waals surface area contributed by atoms with Crippen molar-refractivity contribution < 1.29 is 4.74 Å². The summed E-state index contributed by atoms with van der Waals surface area (Å²) in [5, 5.41) is 0. The normalized spacial score (nSPS) is 17.6. The van der Waals surface area contributed by atoms with Gasteiger partial charge < -0.3 is 10.2 Å². The van der Waals surface area contributed by atoms with Crippen LogP contribution in [0, 0.1) is 0 Å². The number of nitrogens with one attached hydrogen (secondary N) is 1. The van der Waals surface area contributed by atoms with Gasteiger partial charge in [-0.1, -0.05) is 30.3 Å². The van der Waals surface area contributed by atoms with E-state index < -0.39 is 0 Å². The average molecular weight is 255 g/mol. The fraction of sp³-hybridized carbons (Fsp3) is 0.267. The smallest absolute Gasteiger partial charge is 0.215 e. The second-order valence-corrected chi connectivity index (χ2v) is 4.70. The SMILES string of the molecule is NNc1cccc(OC2CCCc3ccccc32)n1. The number of nitrogens with zero attached hydrogens (tertiary/aromatic N) is 1. The van der Waals surface area contributed by atoms with Gasteiger partial charge in [-0.2, -0.15) is 4.98 Å². The van der Waals surface area contributed by atoms with Crippen molar-refractivity contribution in [3.05, 3.63) is 53.6 Å². The van der Waals surface area contributed by atoms with E-state index in [2.05, 4.69) is 34.7 Å². The molecule has 1 aromatic carbocycles. The van der Waals surface area contributed by atoms with Crippen molar-refractivity contribution in [1.82, 2.24) is 4.98 Å². The molecular weight excluding hydrogens is 238 g/mol. The highest BCUT2D eigenvalue weighted by atomic mass is 16.5. The number of aromatic nitrogens is 1. The molecule has 1 heterocycles. The molecule has 1 aromatic heterocycles. The van der Waals surface area contributed by atoms with Gasteiger partial charge in [0.25, 0.3) is 0 Å². The summed E-state index contributed by atoms with van der Waals surface area (Å²) < 4.78 is 6.02. The van der Waals surface area contributed by atoms with Crippen LogP contribution in [0.25, 0.3) is 0 Å². The molecule has 0 aliphatic heterocycles. The summed E-state index contributed by atoms with van der Waals surface area (Å²) in [7, 11) is 0. The monoisotopic (exact) mass is 255 g/mol. The van der Waals surface area contributed by atoms with Crippen molar-refractivity contribution in [2.24, 2.45) is 5.84 Å². The Bertz CT molecular complexity index is 571. The molecule has 0 saturated carbocycles. The third-order valence-corrected chi connectivity index (χ3v) is 3.45. The Morgan fingerprint density at radius 2 is 2.05 bits per heavy atom. The zero-order valence-electron chi connectivity index (χ0n) is 10.7. The Morgan fingerprint density at radius 3 is 2.95 bits per heavy atom. The van der Waals surface area contributed by atoms with Crippen molar-refractivity contribution in [2.75, 3.05) is 5.43 Å². The lowest BCUT2D eigenvalue weighted by Crippen LogP contribution is -2.16. The van der Waals surface area contributed by atoms with Crippen molar-refractivity contribution in [2.45, 2.75) is 25.4 Å². The van der Waals surface area contributed by atoms with Crippen molar-refractivity contribution in [1.29, 1.82) is 0 Å². The van der Waals surface area contributed by atoms with E-state index in [1.807, 2.05) is 18.2 Å². The molecular formula is C15H17N3O. The van der Waals surface area contributed by atoms with Crippen LogP contribution in [0.5, 0.6) is 5.88 Å². The van der Waals surface area contributed by atoms with Crippen LogP contribution in [0.1, 0.15) is 30.1 Å². The molecule has 0 spiro atoms. The van der Waals surface area contributed by atoms with Gasteiger partial charge in [0, 0.05) is 6.07 Å². The number of hydrogen-bond donors (Lipinski definition) is 2. The molecule has 1 atom stereocenters. The van der Waals surface area contributed by atoms with Gasteiger partial charge in [-0.05, 0) is 36.5 Å². The van der Waals surface area contributed by atoms with Gasteiger partial charge in [0.2, 0.25) is 5.88 Å². The predicted molar refractivity (Wildman–Crippen MR) is 74.8 cm³/mol. The number of ether oxygens (including phenoxy) is 1. The minimum atomic E-state index is 0.0884. The van der Waals surface area contributed by atoms with Crippen LogP contribution in [-0.4, -0.2) is 4.98 Å². The Labute approximate surface area is 112 Å².